The molecule has 11 heteroatoms. The Morgan fingerprint density at radius 1 is 1.16 bits per heavy atom. The predicted molar refractivity (Wildman–Crippen MR) is 113 cm³/mol. The Morgan fingerprint density at radius 2 is 1.78 bits per heavy atom. The van der Waals surface area contributed by atoms with Crippen molar-refractivity contribution in [2.24, 2.45) is 17.8 Å². The number of hydrogen-bond donors (Lipinski definition) is 0. The third kappa shape index (κ3) is 4.66. The molecular formula is C21H27F2O7PSe. The van der Waals surface area contributed by atoms with Crippen LogP contribution in [0.5, 0.6) is 0 Å². The summed E-state index contributed by atoms with van der Waals surface area (Å²) < 4.78 is 66.7. The van der Waals surface area contributed by atoms with E-state index in [0.717, 1.165) is 4.46 Å². The summed E-state index contributed by atoms with van der Waals surface area (Å²) in [5.41, 5.74) is -4.01. The van der Waals surface area contributed by atoms with Gasteiger partial charge in [-0.1, -0.05) is 0 Å². The van der Waals surface area contributed by atoms with Crippen LogP contribution < -0.4 is 4.46 Å². The Hall–Kier alpha value is -1.31. The molecule has 7 nitrogen and oxygen atoms in total. The number of esters is 2. The van der Waals surface area contributed by atoms with E-state index in [-0.39, 0.29) is 26.2 Å². The summed E-state index contributed by atoms with van der Waals surface area (Å²) in [6.07, 6.45) is -0.830. The maximum atomic E-state index is 16.1. The van der Waals surface area contributed by atoms with E-state index in [4.69, 9.17) is 18.5 Å². The van der Waals surface area contributed by atoms with Crippen molar-refractivity contribution in [3.05, 3.63) is 30.3 Å². The molecule has 2 heterocycles. The zero-order valence-corrected chi connectivity index (χ0v) is 20.7. The Kier molecular flexibility index (Phi) is 8.15. The normalized spacial score (nSPS) is 27.8. The number of carbonyl (C=O) groups is 2. The molecule has 178 valence electrons. The van der Waals surface area contributed by atoms with E-state index in [1.165, 1.54) is 13.8 Å². The second-order valence-corrected chi connectivity index (χ2v) is 12.2. The second kappa shape index (κ2) is 10.3. The molecule has 2 saturated heterocycles. The van der Waals surface area contributed by atoms with Gasteiger partial charge in [-0.05, 0) is 0 Å². The van der Waals surface area contributed by atoms with Crippen LogP contribution in [0.25, 0.3) is 0 Å². The number of benzene rings is 1. The van der Waals surface area contributed by atoms with Crippen molar-refractivity contribution >= 4 is 39.0 Å². The molecule has 1 aromatic rings. The van der Waals surface area contributed by atoms with Gasteiger partial charge >= 0.3 is 192 Å². The Morgan fingerprint density at radius 3 is 2.34 bits per heavy atom. The van der Waals surface area contributed by atoms with E-state index in [0.29, 0.717) is 0 Å². The van der Waals surface area contributed by atoms with Crippen molar-refractivity contribution in [2.75, 3.05) is 19.8 Å². The average molecular weight is 539 g/mol. The number of carbonyl (C=O) groups excluding carboxylic acids is 2. The van der Waals surface area contributed by atoms with E-state index in [2.05, 4.69) is 0 Å². The molecule has 3 aliphatic rings. The SMILES string of the molecule is CCOC(=O)[C@@H]1C[C@@H]2OC(=O)[C@H]1[C@@H](C(F)(F)P(=O)(OCC)OCC)[C@@H]2[Se]c1ccccc1. The molecule has 0 aromatic heterocycles. The van der Waals surface area contributed by atoms with Gasteiger partial charge in [0.1, 0.15) is 0 Å². The van der Waals surface area contributed by atoms with Gasteiger partial charge in [-0.25, -0.2) is 0 Å². The molecule has 1 aromatic carbocycles. The van der Waals surface area contributed by atoms with Crippen LogP contribution in [0.1, 0.15) is 27.2 Å². The number of rotatable bonds is 10. The third-order valence-electron chi connectivity index (χ3n) is 5.54. The first-order valence-corrected chi connectivity index (χ1v) is 13.9. The van der Waals surface area contributed by atoms with Gasteiger partial charge in [0.2, 0.25) is 0 Å². The fourth-order valence-corrected chi connectivity index (χ4v) is 9.33. The van der Waals surface area contributed by atoms with Gasteiger partial charge in [0.25, 0.3) is 0 Å². The summed E-state index contributed by atoms with van der Waals surface area (Å²) in [5.74, 6) is -5.98. The molecule has 5 atom stereocenters. The van der Waals surface area contributed by atoms with Gasteiger partial charge in [-0.2, -0.15) is 0 Å². The zero-order chi connectivity index (χ0) is 23.5. The van der Waals surface area contributed by atoms with Gasteiger partial charge < -0.3 is 0 Å². The summed E-state index contributed by atoms with van der Waals surface area (Å²) in [6.45, 7) is 4.02. The molecule has 0 unspecified atom stereocenters. The van der Waals surface area contributed by atoms with Crippen LogP contribution in [-0.2, 0) is 32.7 Å². The molecule has 32 heavy (non-hydrogen) atoms. The first-order valence-electron chi connectivity index (χ1n) is 10.6. The average Bonchev–Trinajstić information content (AvgIpc) is 2.75. The Labute approximate surface area is 192 Å². The maximum absolute atomic E-state index is 16.1. The standard InChI is InChI=1S/C21H27F2O7PSe/c1-4-27-19(24)14-12-15-18(32-13-10-8-7-9-11-13)17(16(14)20(25)30-15)21(22,23)31(26,28-5-2)29-6-3/h7-11,14-18H,4-6,12H2,1-3H3/t14-,15+,16-,17-,18-/m1/s1. The van der Waals surface area contributed by atoms with Crippen molar-refractivity contribution in [1.29, 1.82) is 0 Å². The van der Waals surface area contributed by atoms with E-state index < -0.39 is 68.8 Å². The number of alkyl halides is 2. The minimum atomic E-state index is -4.94. The molecule has 2 bridgehead atoms. The molecule has 1 aliphatic carbocycles. The van der Waals surface area contributed by atoms with Crippen LogP contribution in [0.2, 0.25) is 4.82 Å². The quantitative estimate of drug-likeness (QED) is 0.256. The number of fused-ring (bicyclic) bond motifs is 3. The summed E-state index contributed by atoms with van der Waals surface area (Å²) in [6, 6.07) is 9.03. The first kappa shape index (κ1) is 25.3. The molecule has 2 aliphatic heterocycles. The number of hydrogen-bond acceptors (Lipinski definition) is 7. The van der Waals surface area contributed by atoms with Crippen LogP contribution in [0, 0.1) is 17.8 Å². The van der Waals surface area contributed by atoms with Gasteiger partial charge in [0, 0.05) is 0 Å². The van der Waals surface area contributed by atoms with E-state index in [1.54, 1.807) is 19.1 Å². The van der Waals surface area contributed by atoms with Gasteiger partial charge in [0.05, 0.1) is 0 Å². The van der Waals surface area contributed by atoms with Crippen molar-refractivity contribution in [3.63, 3.8) is 0 Å². The minimum absolute atomic E-state index is 0.0522. The topological polar surface area (TPSA) is 88.1 Å². The molecule has 4 rings (SSSR count). The molecule has 3 fully saturated rings. The van der Waals surface area contributed by atoms with Gasteiger partial charge in [-0.3, -0.25) is 0 Å². The molecule has 1 saturated carbocycles. The van der Waals surface area contributed by atoms with Crippen molar-refractivity contribution in [3.8, 4) is 0 Å². The molecule has 0 N–H and O–H groups in total. The third-order valence-corrected chi connectivity index (χ3v) is 10.7. The molecule has 0 radical (unpaired) electrons. The number of halogens is 2. The number of ether oxygens (including phenoxy) is 2. The first-order chi connectivity index (χ1) is 15.2. The summed E-state index contributed by atoms with van der Waals surface area (Å²) in [7, 11) is -4.94. The van der Waals surface area contributed by atoms with Crippen LogP contribution >= 0.6 is 7.60 Å². The Bertz CT molecular complexity index is 859. The molecular weight excluding hydrogens is 512 g/mol. The van der Waals surface area contributed by atoms with E-state index in [1.807, 2.05) is 18.2 Å². The molecule has 0 amide bonds. The second-order valence-electron chi connectivity index (χ2n) is 7.44. The van der Waals surface area contributed by atoms with Crippen LogP contribution in [-0.4, -0.2) is 58.5 Å². The van der Waals surface area contributed by atoms with Crippen LogP contribution in [0.3, 0.4) is 0 Å². The predicted octanol–water partition coefficient (Wildman–Crippen LogP) is 3.40. The van der Waals surface area contributed by atoms with E-state index >= 15 is 8.78 Å². The van der Waals surface area contributed by atoms with Gasteiger partial charge in [-0.15, -0.1) is 0 Å². The summed E-state index contributed by atoms with van der Waals surface area (Å²) >= 11 is -0.554. The zero-order valence-electron chi connectivity index (χ0n) is 18.1. The monoisotopic (exact) mass is 540 g/mol. The van der Waals surface area contributed by atoms with E-state index in [9.17, 15) is 14.2 Å². The van der Waals surface area contributed by atoms with Crippen molar-refractivity contribution < 1.29 is 41.5 Å². The fourth-order valence-electron chi connectivity index (χ4n) is 4.31. The van der Waals surface area contributed by atoms with Crippen LogP contribution in [0.4, 0.5) is 8.78 Å². The van der Waals surface area contributed by atoms with Crippen LogP contribution in [0.15, 0.2) is 30.3 Å². The summed E-state index contributed by atoms with van der Waals surface area (Å²) in [5, 5.41) is 0. The van der Waals surface area contributed by atoms with Crippen molar-refractivity contribution in [2.45, 2.75) is 43.8 Å². The fraction of sp³-hybridized carbons (Fsp3) is 0.619. The van der Waals surface area contributed by atoms with Gasteiger partial charge in [0.15, 0.2) is 0 Å². The summed E-state index contributed by atoms with van der Waals surface area (Å²) in [4.78, 5) is 24.5. The Balaban J connectivity index is 2.08. The molecule has 0 spiro atoms. The van der Waals surface area contributed by atoms with Crippen molar-refractivity contribution in [1.82, 2.24) is 0 Å².